The summed E-state index contributed by atoms with van der Waals surface area (Å²) >= 11 is 0. The fourth-order valence-corrected chi connectivity index (χ4v) is 2.18. The quantitative estimate of drug-likeness (QED) is 0.523. The van der Waals surface area contributed by atoms with Gasteiger partial charge in [0.1, 0.15) is 0 Å². The molecule has 0 saturated heterocycles. The van der Waals surface area contributed by atoms with Gasteiger partial charge in [-0.25, -0.2) is 5.48 Å². The molecule has 0 aliphatic heterocycles. The Bertz CT molecular complexity index is 281. The van der Waals surface area contributed by atoms with E-state index in [2.05, 4.69) is 5.48 Å². The molecule has 98 valence electrons. The van der Waals surface area contributed by atoms with Crippen molar-refractivity contribution in [1.82, 2.24) is 5.48 Å². The average Bonchev–Trinajstić information content (AvgIpc) is 2.66. The first-order valence-corrected chi connectivity index (χ1v) is 5.69. The highest BCUT2D eigenvalue weighted by Crippen LogP contribution is 2.36. The molecule has 1 unspecified atom stereocenters. The standard InChI is InChI=1S/C11H19NO5/c1-7-5-8(9(6-7)11(14)15)10(13)12-17-4-3-16-2/h7-9H,3-6H2,1-2H3,(H,12,13)(H,14,15)/t7?,8-,9+/m0/s1. The van der Waals surface area contributed by atoms with Gasteiger partial charge >= 0.3 is 5.97 Å². The maximum atomic E-state index is 11.7. The lowest BCUT2D eigenvalue weighted by Crippen LogP contribution is -2.35. The van der Waals surface area contributed by atoms with Gasteiger partial charge in [-0.3, -0.25) is 14.4 Å². The Morgan fingerprint density at radius 1 is 1.29 bits per heavy atom. The molecule has 6 heteroatoms. The first kappa shape index (κ1) is 13.9. The summed E-state index contributed by atoms with van der Waals surface area (Å²) in [6.07, 6.45) is 1.14. The van der Waals surface area contributed by atoms with Crippen LogP contribution in [0, 0.1) is 17.8 Å². The lowest BCUT2D eigenvalue weighted by atomic mass is 9.96. The summed E-state index contributed by atoms with van der Waals surface area (Å²) in [5.41, 5.74) is 2.28. The summed E-state index contributed by atoms with van der Waals surface area (Å²) in [6.45, 7) is 2.58. The smallest absolute Gasteiger partial charge is 0.307 e. The molecule has 1 aliphatic carbocycles. The van der Waals surface area contributed by atoms with Gasteiger partial charge in [0.05, 0.1) is 25.0 Å². The van der Waals surface area contributed by atoms with Gasteiger partial charge in [-0.1, -0.05) is 6.92 Å². The summed E-state index contributed by atoms with van der Waals surface area (Å²) in [7, 11) is 1.53. The monoisotopic (exact) mass is 245 g/mol. The van der Waals surface area contributed by atoms with E-state index in [0.29, 0.717) is 19.4 Å². The van der Waals surface area contributed by atoms with E-state index in [9.17, 15) is 9.59 Å². The molecule has 0 aromatic carbocycles. The van der Waals surface area contributed by atoms with Gasteiger partial charge < -0.3 is 9.84 Å². The minimum atomic E-state index is -0.911. The van der Waals surface area contributed by atoms with Crippen LogP contribution in [0.2, 0.25) is 0 Å². The normalized spacial score (nSPS) is 28.0. The number of amides is 1. The molecule has 0 spiro atoms. The maximum absolute atomic E-state index is 11.7. The van der Waals surface area contributed by atoms with Crippen LogP contribution in [0.15, 0.2) is 0 Å². The van der Waals surface area contributed by atoms with E-state index in [1.807, 2.05) is 6.92 Å². The highest BCUT2D eigenvalue weighted by atomic mass is 16.7. The fraction of sp³-hybridized carbons (Fsp3) is 0.818. The van der Waals surface area contributed by atoms with Crippen molar-refractivity contribution in [2.45, 2.75) is 19.8 Å². The Morgan fingerprint density at radius 3 is 2.53 bits per heavy atom. The van der Waals surface area contributed by atoms with E-state index in [1.165, 1.54) is 7.11 Å². The molecule has 2 N–H and O–H groups in total. The van der Waals surface area contributed by atoms with Crippen LogP contribution in [0.5, 0.6) is 0 Å². The van der Waals surface area contributed by atoms with Gasteiger partial charge in [-0.05, 0) is 18.8 Å². The zero-order valence-electron chi connectivity index (χ0n) is 10.1. The number of hydrogen-bond acceptors (Lipinski definition) is 4. The Labute approximate surface area is 100 Å². The van der Waals surface area contributed by atoms with E-state index >= 15 is 0 Å². The molecule has 0 bridgehead atoms. The van der Waals surface area contributed by atoms with E-state index < -0.39 is 17.8 Å². The number of carboxylic acids is 1. The van der Waals surface area contributed by atoms with E-state index in [1.54, 1.807) is 0 Å². The number of carbonyl (C=O) groups excluding carboxylic acids is 1. The van der Waals surface area contributed by atoms with Crippen LogP contribution in [0.3, 0.4) is 0 Å². The van der Waals surface area contributed by atoms with Crippen LogP contribution in [0.4, 0.5) is 0 Å². The molecule has 1 rings (SSSR count). The number of rotatable bonds is 6. The van der Waals surface area contributed by atoms with E-state index in [0.717, 1.165) is 0 Å². The third-order valence-corrected chi connectivity index (χ3v) is 3.01. The number of carboxylic acid groups (broad SMARTS) is 1. The second-order valence-electron chi connectivity index (χ2n) is 4.44. The maximum Gasteiger partial charge on any atom is 0.307 e. The number of carbonyl (C=O) groups is 2. The van der Waals surface area contributed by atoms with Crippen molar-refractivity contribution < 1.29 is 24.3 Å². The van der Waals surface area contributed by atoms with Crippen molar-refractivity contribution in [3.05, 3.63) is 0 Å². The molecule has 1 amide bonds. The van der Waals surface area contributed by atoms with Crippen molar-refractivity contribution in [3.63, 3.8) is 0 Å². The van der Waals surface area contributed by atoms with Gasteiger partial charge in [0, 0.05) is 7.11 Å². The van der Waals surface area contributed by atoms with Crippen LogP contribution in [-0.4, -0.2) is 37.3 Å². The highest BCUT2D eigenvalue weighted by molar-refractivity contribution is 5.84. The SMILES string of the molecule is COCCONC(=O)[C@H]1CC(C)C[C@H]1C(=O)O. The number of ether oxygens (including phenoxy) is 1. The van der Waals surface area contributed by atoms with Crippen molar-refractivity contribution in [3.8, 4) is 0 Å². The Kier molecular flexibility index (Phi) is 5.37. The van der Waals surface area contributed by atoms with Crippen molar-refractivity contribution in [2.24, 2.45) is 17.8 Å². The van der Waals surface area contributed by atoms with E-state index in [4.69, 9.17) is 14.7 Å². The molecule has 0 aromatic rings. The van der Waals surface area contributed by atoms with Crippen LogP contribution in [-0.2, 0) is 19.2 Å². The predicted molar refractivity (Wildman–Crippen MR) is 59.0 cm³/mol. The van der Waals surface area contributed by atoms with Gasteiger partial charge in [0.15, 0.2) is 0 Å². The minimum Gasteiger partial charge on any atom is -0.481 e. The molecule has 6 nitrogen and oxygen atoms in total. The summed E-state index contributed by atoms with van der Waals surface area (Å²) in [6, 6.07) is 0. The lowest BCUT2D eigenvalue weighted by Gasteiger charge is -2.15. The lowest BCUT2D eigenvalue weighted by molar-refractivity contribution is -0.150. The summed E-state index contributed by atoms with van der Waals surface area (Å²) < 4.78 is 4.76. The molecule has 3 atom stereocenters. The van der Waals surface area contributed by atoms with Crippen LogP contribution < -0.4 is 5.48 Å². The number of aliphatic carboxylic acids is 1. The highest BCUT2D eigenvalue weighted by Gasteiger charge is 2.41. The molecule has 0 aromatic heterocycles. The van der Waals surface area contributed by atoms with Crippen LogP contribution >= 0.6 is 0 Å². The van der Waals surface area contributed by atoms with Gasteiger partial charge in [0.25, 0.3) is 0 Å². The third kappa shape index (κ3) is 3.98. The Morgan fingerprint density at radius 2 is 1.94 bits per heavy atom. The van der Waals surface area contributed by atoms with Crippen molar-refractivity contribution >= 4 is 11.9 Å². The van der Waals surface area contributed by atoms with Gasteiger partial charge in [0.2, 0.25) is 5.91 Å². The molecule has 17 heavy (non-hydrogen) atoms. The molecule has 1 aliphatic rings. The van der Waals surface area contributed by atoms with Crippen LogP contribution in [0.1, 0.15) is 19.8 Å². The zero-order chi connectivity index (χ0) is 12.8. The molecule has 1 fully saturated rings. The predicted octanol–water partition coefficient (Wildman–Crippen LogP) is 0.427. The third-order valence-electron chi connectivity index (χ3n) is 3.01. The van der Waals surface area contributed by atoms with Crippen LogP contribution in [0.25, 0.3) is 0 Å². The van der Waals surface area contributed by atoms with Gasteiger partial charge in [-0.2, -0.15) is 0 Å². The van der Waals surface area contributed by atoms with Crippen molar-refractivity contribution in [1.29, 1.82) is 0 Å². The van der Waals surface area contributed by atoms with Gasteiger partial charge in [-0.15, -0.1) is 0 Å². The minimum absolute atomic E-state index is 0.252. The molecular weight excluding hydrogens is 226 g/mol. The zero-order valence-corrected chi connectivity index (χ0v) is 10.1. The Balaban J connectivity index is 2.41. The second-order valence-corrected chi connectivity index (χ2v) is 4.44. The number of nitrogens with one attached hydrogen (secondary N) is 1. The molecular formula is C11H19NO5. The van der Waals surface area contributed by atoms with Crippen molar-refractivity contribution in [2.75, 3.05) is 20.3 Å². The molecule has 0 heterocycles. The summed E-state index contributed by atoms with van der Waals surface area (Å²) in [4.78, 5) is 27.6. The summed E-state index contributed by atoms with van der Waals surface area (Å²) in [5.74, 6) is -2.10. The fourth-order valence-electron chi connectivity index (χ4n) is 2.18. The number of hydroxylamine groups is 1. The second kappa shape index (κ2) is 6.56. The number of methoxy groups -OCH3 is 1. The summed E-state index contributed by atoms with van der Waals surface area (Å²) in [5, 5.41) is 9.02. The largest absolute Gasteiger partial charge is 0.481 e. The average molecular weight is 245 g/mol. The molecule has 0 radical (unpaired) electrons. The molecule has 1 saturated carbocycles. The first-order valence-electron chi connectivity index (χ1n) is 5.69. The first-order chi connectivity index (χ1) is 8.06. The Hall–Kier alpha value is -1.14. The topological polar surface area (TPSA) is 84.9 Å². The van der Waals surface area contributed by atoms with E-state index in [-0.39, 0.29) is 18.4 Å². The number of hydrogen-bond donors (Lipinski definition) is 2.